The second-order valence-corrected chi connectivity index (χ2v) is 4.81. The molecule has 7 heteroatoms. The van der Waals surface area contributed by atoms with Gasteiger partial charge in [0.2, 0.25) is 11.9 Å². The fraction of sp³-hybridized carbons (Fsp3) is 0.769. The molecule has 0 saturated carbocycles. The summed E-state index contributed by atoms with van der Waals surface area (Å²) in [4.78, 5) is 15.0. The Labute approximate surface area is 120 Å². The summed E-state index contributed by atoms with van der Waals surface area (Å²) in [5, 5.41) is 3.09. The Morgan fingerprint density at radius 2 is 1.95 bits per heavy atom. The van der Waals surface area contributed by atoms with Gasteiger partial charge in [-0.25, -0.2) is 0 Å². The first-order valence-electron chi connectivity index (χ1n) is 6.88. The van der Waals surface area contributed by atoms with Crippen molar-refractivity contribution in [2.24, 2.45) is 5.92 Å². The molecule has 0 amide bonds. The number of anilines is 2. The van der Waals surface area contributed by atoms with Crippen molar-refractivity contribution in [2.75, 3.05) is 50.7 Å². The molecule has 0 aliphatic rings. The van der Waals surface area contributed by atoms with Crippen molar-refractivity contribution in [3.8, 4) is 6.01 Å². The minimum absolute atomic E-state index is 0.317. The molecule has 0 aromatic carbocycles. The molecule has 1 N–H and O–H groups in total. The molecule has 20 heavy (non-hydrogen) atoms. The summed E-state index contributed by atoms with van der Waals surface area (Å²) >= 11 is 0. The van der Waals surface area contributed by atoms with E-state index in [1.54, 1.807) is 14.2 Å². The van der Waals surface area contributed by atoms with Gasteiger partial charge in [-0.3, -0.25) is 0 Å². The zero-order valence-corrected chi connectivity index (χ0v) is 13.0. The van der Waals surface area contributed by atoms with Crippen LogP contribution in [0.25, 0.3) is 0 Å². The van der Waals surface area contributed by atoms with E-state index < -0.39 is 0 Å². The third-order valence-electron chi connectivity index (χ3n) is 2.55. The van der Waals surface area contributed by atoms with Gasteiger partial charge < -0.3 is 19.7 Å². The van der Waals surface area contributed by atoms with Crippen LogP contribution in [-0.2, 0) is 4.74 Å². The monoisotopic (exact) mass is 283 g/mol. The Hall–Kier alpha value is -1.63. The van der Waals surface area contributed by atoms with E-state index in [0.717, 1.165) is 19.6 Å². The van der Waals surface area contributed by atoms with Crippen LogP contribution in [-0.4, -0.2) is 55.4 Å². The SMILES string of the molecule is CCNc1nc(OC)nc(N(CCOC)CC(C)C)n1. The van der Waals surface area contributed by atoms with Gasteiger partial charge in [-0.2, -0.15) is 15.0 Å². The second kappa shape index (κ2) is 8.52. The Balaban J connectivity index is 2.99. The maximum absolute atomic E-state index is 5.15. The Bertz CT molecular complexity index is 400. The summed E-state index contributed by atoms with van der Waals surface area (Å²) < 4.78 is 10.3. The van der Waals surface area contributed by atoms with E-state index >= 15 is 0 Å². The van der Waals surface area contributed by atoms with Crippen molar-refractivity contribution in [1.29, 1.82) is 0 Å². The van der Waals surface area contributed by atoms with Crippen LogP contribution >= 0.6 is 0 Å². The molecule has 1 rings (SSSR count). The summed E-state index contributed by atoms with van der Waals surface area (Å²) in [5.41, 5.74) is 0. The highest BCUT2D eigenvalue weighted by Gasteiger charge is 2.15. The fourth-order valence-electron chi connectivity index (χ4n) is 1.73. The number of rotatable bonds is 9. The lowest BCUT2D eigenvalue weighted by Crippen LogP contribution is -2.32. The zero-order chi connectivity index (χ0) is 15.0. The first-order chi connectivity index (χ1) is 9.60. The second-order valence-electron chi connectivity index (χ2n) is 4.81. The predicted molar refractivity (Wildman–Crippen MR) is 79.5 cm³/mol. The Kier molecular flexibility index (Phi) is 7.00. The number of hydrogen-bond acceptors (Lipinski definition) is 7. The number of aromatic nitrogens is 3. The van der Waals surface area contributed by atoms with E-state index in [1.807, 2.05) is 6.92 Å². The van der Waals surface area contributed by atoms with Crippen molar-refractivity contribution in [1.82, 2.24) is 15.0 Å². The quantitative estimate of drug-likeness (QED) is 0.734. The summed E-state index contributed by atoms with van der Waals surface area (Å²) in [6, 6.07) is 0.317. The predicted octanol–water partition coefficient (Wildman–Crippen LogP) is 1.42. The van der Waals surface area contributed by atoms with E-state index in [4.69, 9.17) is 9.47 Å². The lowest BCUT2D eigenvalue weighted by atomic mass is 10.2. The Morgan fingerprint density at radius 3 is 2.50 bits per heavy atom. The number of ether oxygens (including phenoxy) is 2. The van der Waals surface area contributed by atoms with Gasteiger partial charge >= 0.3 is 6.01 Å². The topological polar surface area (TPSA) is 72.4 Å². The number of nitrogens with zero attached hydrogens (tertiary/aromatic N) is 4. The van der Waals surface area contributed by atoms with Crippen molar-refractivity contribution in [3.63, 3.8) is 0 Å². The molecular weight excluding hydrogens is 258 g/mol. The van der Waals surface area contributed by atoms with Crippen LogP contribution in [0.15, 0.2) is 0 Å². The molecule has 1 heterocycles. The van der Waals surface area contributed by atoms with Crippen molar-refractivity contribution in [2.45, 2.75) is 20.8 Å². The standard InChI is InChI=1S/C13H25N5O2/c1-6-14-11-15-12(17-13(16-11)20-5)18(7-8-19-4)9-10(2)3/h10H,6-9H2,1-5H3,(H,14,15,16,17). The lowest BCUT2D eigenvalue weighted by molar-refractivity contribution is 0.204. The number of methoxy groups -OCH3 is 2. The van der Waals surface area contributed by atoms with Gasteiger partial charge in [0, 0.05) is 26.7 Å². The lowest BCUT2D eigenvalue weighted by Gasteiger charge is -2.24. The molecule has 0 spiro atoms. The normalized spacial score (nSPS) is 10.7. The van der Waals surface area contributed by atoms with Crippen LogP contribution in [0.2, 0.25) is 0 Å². The third kappa shape index (κ3) is 5.16. The van der Waals surface area contributed by atoms with Gasteiger partial charge in [0.25, 0.3) is 0 Å². The molecule has 7 nitrogen and oxygen atoms in total. The highest BCUT2D eigenvalue weighted by atomic mass is 16.5. The van der Waals surface area contributed by atoms with Gasteiger partial charge in [-0.1, -0.05) is 13.8 Å². The molecule has 0 aliphatic carbocycles. The van der Waals surface area contributed by atoms with Crippen molar-refractivity contribution < 1.29 is 9.47 Å². The number of nitrogens with one attached hydrogen (secondary N) is 1. The van der Waals surface area contributed by atoms with Crippen LogP contribution in [0.5, 0.6) is 6.01 Å². The van der Waals surface area contributed by atoms with Crippen LogP contribution in [0.1, 0.15) is 20.8 Å². The highest BCUT2D eigenvalue weighted by Crippen LogP contribution is 2.16. The molecule has 0 radical (unpaired) electrons. The van der Waals surface area contributed by atoms with Gasteiger partial charge in [0.05, 0.1) is 13.7 Å². The molecule has 0 bridgehead atoms. The zero-order valence-electron chi connectivity index (χ0n) is 13.0. The molecule has 0 saturated heterocycles. The third-order valence-corrected chi connectivity index (χ3v) is 2.55. The summed E-state index contributed by atoms with van der Waals surface area (Å²) in [5.74, 6) is 1.64. The van der Waals surface area contributed by atoms with Gasteiger partial charge in [-0.05, 0) is 12.8 Å². The van der Waals surface area contributed by atoms with Crippen LogP contribution in [0.3, 0.4) is 0 Å². The van der Waals surface area contributed by atoms with Crippen LogP contribution < -0.4 is 15.0 Å². The maximum Gasteiger partial charge on any atom is 0.322 e. The number of hydrogen-bond donors (Lipinski definition) is 1. The first kappa shape index (κ1) is 16.4. The molecule has 0 unspecified atom stereocenters. The van der Waals surface area contributed by atoms with Gasteiger partial charge in [0.1, 0.15) is 0 Å². The van der Waals surface area contributed by atoms with Crippen LogP contribution in [0, 0.1) is 5.92 Å². The summed E-state index contributed by atoms with van der Waals surface area (Å²) in [6.07, 6.45) is 0. The van der Waals surface area contributed by atoms with E-state index in [2.05, 4.69) is 39.0 Å². The Morgan fingerprint density at radius 1 is 1.20 bits per heavy atom. The van der Waals surface area contributed by atoms with Crippen molar-refractivity contribution >= 4 is 11.9 Å². The van der Waals surface area contributed by atoms with Crippen molar-refractivity contribution in [3.05, 3.63) is 0 Å². The molecule has 0 atom stereocenters. The largest absolute Gasteiger partial charge is 0.467 e. The summed E-state index contributed by atoms with van der Waals surface area (Å²) in [6.45, 7) is 9.25. The molecule has 114 valence electrons. The highest BCUT2D eigenvalue weighted by molar-refractivity contribution is 5.38. The van der Waals surface area contributed by atoms with E-state index in [0.29, 0.717) is 30.4 Å². The van der Waals surface area contributed by atoms with Crippen LogP contribution in [0.4, 0.5) is 11.9 Å². The average molecular weight is 283 g/mol. The van der Waals surface area contributed by atoms with E-state index in [9.17, 15) is 0 Å². The average Bonchev–Trinajstić information content (AvgIpc) is 2.43. The molecule has 0 fully saturated rings. The molecule has 1 aromatic heterocycles. The van der Waals surface area contributed by atoms with E-state index in [-0.39, 0.29) is 0 Å². The minimum atomic E-state index is 0.317. The molecular formula is C13H25N5O2. The van der Waals surface area contributed by atoms with Gasteiger partial charge in [-0.15, -0.1) is 0 Å². The van der Waals surface area contributed by atoms with E-state index in [1.165, 1.54) is 0 Å². The smallest absolute Gasteiger partial charge is 0.322 e. The summed E-state index contributed by atoms with van der Waals surface area (Å²) in [7, 11) is 3.24. The fourth-order valence-corrected chi connectivity index (χ4v) is 1.73. The van der Waals surface area contributed by atoms with Gasteiger partial charge in [0.15, 0.2) is 0 Å². The molecule has 1 aromatic rings. The first-order valence-corrected chi connectivity index (χ1v) is 6.88. The molecule has 0 aliphatic heterocycles. The minimum Gasteiger partial charge on any atom is -0.467 e. The maximum atomic E-state index is 5.15.